The molecule has 0 aromatic heterocycles. The van der Waals surface area contributed by atoms with E-state index in [9.17, 15) is 14.7 Å². The second-order valence-electron chi connectivity index (χ2n) is 5.91. The Morgan fingerprint density at radius 2 is 2.17 bits per heavy atom. The van der Waals surface area contributed by atoms with Crippen LogP contribution in [0.25, 0.3) is 0 Å². The maximum atomic E-state index is 11.4. The van der Waals surface area contributed by atoms with E-state index in [1.807, 2.05) is 26.8 Å². The molecule has 23 heavy (non-hydrogen) atoms. The zero-order chi connectivity index (χ0) is 17.5. The molecule has 0 saturated carbocycles. The van der Waals surface area contributed by atoms with Crippen molar-refractivity contribution < 1.29 is 29.2 Å². The maximum absolute atomic E-state index is 11.4. The number of halogens is 1. The molecule has 2 saturated heterocycles. The average molecular weight is 333 g/mol. The molecular formula is C16H28FNO5. The smallest absolute Gasteiger partial charge is 0.236 e. The zero-order valence-corrected chi connectivity index (χ0v) is 14.2. The number of aliphatic hydroxyl groups excluding tert-OH is 2. The van der Waals surface area contributed by atoms with Gasteiger partial charge in [-0.25, -0.2) is 0 Å². The minimum absolute atomic E-state index is 0.115. The molecule has 2 fully saturated rings. The van der Waals surface area contributed by atoms with Crippen LogP contribution in [0.1, 0.15) is 33.6 Å². The monoisotopic (exact) mass is 333 g/mol. The Kier molecular flexibility index (Phi) is 7.98. The van der Waals surface area contributed by atoms with E-state index in [4.69, 9.17) is 9.47 Å². The molecule has 4 atom stereocenters. The predicted octanol–water partition coefficient (Wildman–Crippen LogP) is 1.79. The highest BCUT2D eigenvalue weighted by Gasteiger charge is 2.56. The van der Waals surface area contributed by atoms with Crippen molar-refractivity contribution in [2.75, 3.05) is 13.7 Å². The predicted molar refractivity (Wildman–Crippen MR) is 83.8 cm³/mol. The van der Waals surface area contributed by atoms with Crippen molar-refractivity contribution in [1.82, 2.24) is 5.32 Å². The van der Waals surface area contributed by atoms with Gasteiger partial charge in [-0.3, -0.25) is 4.94 Å². The van der Waals surface area contributed by atoms with Crippen molar-refractivity contribution in [2.45, 2.75) is 57.7 Å². The van der Waals surface area contributed by atoms with Gasteiger partial charge in [0.2, 0.25) is 5.88 Å². The molecule has 2 rings (SSSR count). The zero-order valence-electron chi connectivity index (χ0n) is 14.2. The first-order chi connectivity index (χ1) is 10.9. The van der Waals surface area contributed by atoms with Gasteiger partial charge in [-0.2, -0.15) is 0 Å². The summed E-state index contributed by atoms with van der Waals surface area (Å²) in [7, 11) is 1.59. The molecule has 2 heterocycles. The van der Waals surface area contributed by atoms with Crippen molar-refractivity contribution in [3.05, 3.63) is 24.1 Å². The van der Waals surface area contributed by atoms with Crippen LogP contribution in [0.5, 0.6) is 0 Å². The van der Waals surface area contributed by atoms with Crippen molar-refractivity contribution in [3.8, 4) is 0 Å². The third-order valence-electron chi connectivity index (χ3n) is 4.07. The molecule has 7 heteroatoms. The summed E-state index contributed by atoms with van der Waals surface area (Å²) < 4.78 is 22.4. The van der Waals surface area contributed by atoms with E-state index in [-0.39, 0.29) is 18.1 Å². The lowest BCUT2D eigenvalue weighted by Gasteiger charge is -2.41. The fraction of sp³-hybridized carbons (Fsp3) is 0.750. The highest BCUT2D eigenvalue weighted by molar-refractivity contribution is 5.05. The van der Waals surface area contributed by atoms with Crippen LogP contribution in [0, 0.1) is 5.92 Å². The molecule has 2 aliphatic heterocycles. The lowest BCUT2D eigenvalue weighted by Crippen LogP contribution is -2.57. The number of aliphatic hydroxyl groups is 2. The first-order valence-electron chi connectivity index (χ1n) is 7.90. The summed E-state index contributed by atoms with van der Waals surface area (Å²) in [5.41, 5.74) is -0.692. The molecule has 0 spiro atoms. The van der Waals surface area contributed by atoms with Crippen LogP contribution in [-0.4, -0.2) is 48.0 Å². The highest BCUT2D eigenvalue weighted by Crippen LogP contribution is 2.41. The van der Waals surface area contributed by atoms with Crippen LogP contribution in [0.4, 0.5) is 4.53 Å². The molecule has 3 N–H and O–H groups in total. The highest BCUT2D eigenvalue weighted by atomic mass is 19.3. The molecule has 0 amide bonds. The van der Waals surface area contributed by atoms with Gasteiger partial charge in [-0.15, -0.1) is 0 Å². The van der Waals surface area contributed by atoms with E-state index in [2.05, 4.69) is 10.3 Å². The van der Waals surface area contributed by atoms with E-state index >= 15 is 0 Å². The summed E-state index contributed by atoms with van der Waals surface area (Å²) in [6.45, 7) is 6.31. The summed E-state index contributed by atoms with van der Waals surface area (Å²) in [6.07, 6.45) is 4.57. The molecule has 4 unspecified atom stereocenters. The Bertz CT molecular complexity index is 409. The summed E-state index contributed by atoms with van der Waals surface area (Å²) in [5.74, 6) is 0.257. The summed E-state index contributed by atoms with van der Waals surface area (Å²) in [4.78, 5) is 3.44. The number of ether oxygens (including phenoxy) is 2. The third kappa shape index (κ3) is 4.91. The van der Waals surface area contributed by atoms with Crippen LogP contribution < -0.4 is 5.32 Å². The molecule has 6 nitrogen and oxygen atoms in total. The molecule has 2 aliphatic rings. The fourth-order valence-electron chi connectivity index (χ4n) is 2.54. The topological polar surface area (TPSA) is 80.2 Å². The number of nitrogens with one attached hydrogen (secondary N) is 1. The average Bonchev–Trinajstić information content (AvgIpc) is 2.91. The fourth-order valence-corrected chi connectivity index (χ4v) is 2.54. The number of rotatable bonds is 5. The molecule has 0 radical (unpaired) electrons. The van der Waals surface area contributed by atoms with E-state index < -0.39 is 17.8 Å². The first kappa shape index (κ1) is 19.9. The maximum Gasteiger partial charge on any atom is 0.236 e. The van der Waals surface area contributed by atoms with E-state index in [1.54, 1.807) is 13.1 Å². The van der Waals surface area contributed by atoms with Gasteiger partial charge in [0.1, 0.15) is 11.7 Å². The second-order valence-corrected chi connectivity index (χ2v) is 5.91. The van der Waals surface area contributed by atoms with Gasteiger partial charge in [0, 0.05) is 24.1 Å². The standard InChI is InChI=1S/C9H16O4.C7H12FNO/c1-5(2)9-4-12-7(13-9)3-6(10)8(9)11;1-3-4-5-6-7(9-2)10-8/h5-8,10-11H,3-4H2,1-2H3;4-6,9H,3H2,1-2H3/b;5-4-,7-6+. The molecule has 0 aromatic rings. The Balaban J connectivity index is 0.000000241. The van der Waals surface area contributed by atoms with Crippen molar-refractivity contribution >= 4 is 0 Å². The van der Waals surface area contributed by atoms with Gasteiger partial charge in [0.05, 0.1) is 12.7 Å². The SMILES string of the molecule is CC(C)C12COC(CC(O)C1O)O2.CC/C=C\C=C(/NC)OF. The summed E-state index contributed by atoms with van der Waals surface area (Å²) in [5, 5.41) is 21.9. The van der Waals surface area contributed by atoms with Gasteiger partial charge < -0.3 is 25.0 Å². The van der Waals surface area contributed by atoms with Crippen LogP contribution >= 0.6 is 0 Å². The molecule has 0 aromatic carbocycles. The quantitative estimate of drug-likeness (QED) is 0.526. The molecular weight excluding hydrogens is 305 g/mol. The lowest BCUT2D eigenvalue weighted by atomic mass is 9.81. The molecule has 134 valence electrons. The van der Waals surface area contributed by atoms with Crippen molar-refractivity contribution in [3.63, 3.8) is 0 Å². The Labute approximate surface area is 136 Å². The van der Waals surface area contributed by atoms with E-state index in [0.29, 0.717) is 13.0 Å². The van der Waals surface area contributed by atoms with E-state index in [0.717, 1.165) is 6.42 Å². The van der Waals surface area contributed by atoms with Crippen LogP contribution in [0.2, 0.25) is 0 Å². The largest absolute Gasteiger partial charge is 0.390 e. The Morgan fingerprint density at radius 3 is 2.70 bits per heavy atom. The normalized spacial score (nSPS) is 33.6. The Hall–Kier alpha value is -1.15. The minimum Gasteiger partial charge on any atom is -0.390 e. The van der Waals surface area contributed by atoms with Gasteiger partial charge in [-0.05, 0) is 12.3 Å². The summed E-state index contributed by atoms with van der Waals surface area (Å²) in [6, 6.07) is 0. The number of hydrogen-bond acceptors (Lipinski definition) is 6. The second kappa shape index (κ2) is 9.22. The molecule has 0 aliphatic carbocycles. The first-order valence-corrected chi connectivity index (χ1v) is 7.90. The summed E-state index contributed by atoms with van der Waals surface area (Å²) >= 11 is 0. The van der Waals surface area contributed by atoms with Gasteiger partial charge in [0.25, 0.3) is 0 Å². The van der Waals surface area contributed by atoms with Crippen molar-refractivity contribution in [2.24, 2.45) is 5.92 Å². The number of hydrogen-bond donors (Lipinski definition) is 3. The van der Waals surface area contributed by atoms with Gasteiger partial charge in [-0.1, -0.05) is 32.9 Å². The van der Waals surface area contributed by atoms with Gasteiger partial charge in [0.15, 0.2) is 6.29 Å². The minimum atomic E-state index is -0.828. The number of fused-ring (bicyclic) bond motifs is 2. The lowest BCUT2D eigenvalue weighted by molar-refractivity contribution is -0.222. The van der Waals surface area contributed by atoms with E-state index in [1.165, 1.54) is 6.08 Å². The number of allylic oxidation sites excluding steroid dienone is 3. The molecule has 2 bridgehead atoms. The Morgan fingerprint density at radius 1 is 1.48 bits per heavy atom. The van der Waals surface area contributed by atoms with Gasteiger partial charge >= 0.3 is 0 Å². The van der Waals surface area contributed by atoms with Crippen LogP contribution in [0.3, 0.4) is 0 Å². The van der Waals surface area contributed by atoms with Crippen LogP contribution in [-0.2, 0) is 14.4 Å². The van der Waals surface area contributed by atoms with Crippen molar-refractivity contribution in [1.29, 1.82) is 0 Å². The van der Waals surface area contributed by atoms with Crippen LogP contribution in [0.15, 0.2) is 24.1 Å². The third-order valence-corrected chi connectivity index (χ3v) is 4.07.